The molecule has 0 N–H and O–H groups in total. The Labute approximate surface area is 214 Å². The molecule has 1 atom stereocenters. The Hall–Kier alpha value is -3.50. The van der Waals surface area contributed by atoms with E-state index in [0.29, 0.717) is 63.5 Å². The van der Waals surface area contributed by atoms with Gasteiger partial charge in [-0.1, -0.05) is 12.1 Å². The van der Waals surface area contributed by atoms with Gasteiger partial charge in [0.05, 0.1) is 26.9 Å². The average molecular weight is 512 g/mol. The van der Waals surface area contributed by atoms with Crippen LogP contribution in [-0.2, 0) is 14.3 Å². The van der Waals surface area contributed by atoms with Crippen LogP contribution in [0.1, 0.15) is 33.6 Å². The highest BCUT2D eigenvalue weighted by Gasteiger charge is 2.55. The van der Waals surface area contributed by atoms with Crippen molar-refractivity contribution >= 4 is 17.7 Å². The van der Waals surface area contributed by atoms with Crippen LogP contribution in [0.4, 0.5) is 4.39 Å². The first-order chi connectivity index (χ1) is 17.9. The molecule has 3 amide bonds. The molecule has 10 heteroatoms. The first-order valence-corrected chi connectivity index (χ1v) is 12.4. The van der Waals surface area contributed by atoms with Crippen LogP contribution in [0.15, 0.2) is 48.5 Å². The Kier molecular flexibility index (Phi) is 7.12. The molecule has 3 aliphatic rings. The molecule has 0 unspecified atom stereocenters. The van der Waals surface area contributed by atoms with Crippen molar-refractivity contribution in [2.45, 2.75) is 24.6 Å². The smallest absolute Gasteiger partial charge is 0.256 e. The molecule has 3 fully saturated rings. The number of likely N-dealkylation sites (tertiary alicyclic amines) is 1. The van der Waals surface area contributed by atoms with Gasteiger partial charge in [0.25, 0.3) is 11.8 Å². The maximum atomic E-state index is 14.0. The first kappa shape index (κ1) is 25.2. The highest BCUT2D eigenvalue weighted by atomic mass is 19.1. The molecule has 0 aromatic heterocycles. The van der Waals surface area contributed by atoms with Gasteiger partial charge in [-0.2, -0.15) is 0 Å². The third-order valence-corrected chi connectivity index (χ3v) is 7.31. The Balaban J connectivity index is 1.39. The lowest BCUT2D eigenvalue weighted by Gasteiger charge is -2.45. The van der Waals surface area contributed by atoms with Crippen LogP contribution in [0.25, 0.3) is 0 Å². The number of piperidine rings is 1. The van der Waals surface area contributed by atoms with E-state index in [1.807, 2.05) is 0 Å². The number of halogens is 1. The van der Waals surface area contributed by atoms with Crippen LogP contribution in [0.3, 0.4) is 0 Å². The van der Waals surface area contributed by atoms with E-state index in [-0.39, 0.29) is 24.0 Å². The molecular weight excluding hydrogens is 481 g/mol. The van der Waals surface area contributed by atoms with E-state index in [9.17, 15) is 18.8 Å². The van der Waals surface area contributed by atoms with Gasteiger partial charge in [0.2, 0.25) is 5.91 Å². The van der Waals surface area contributed by atoms with E-state index < -0.39 is 23.5 Å². The van der Waals surface area contributed by atoms with Crippen LogP contribution in [-0.4, -0.2) is 97.3 Å². The van der Waals surface area contributed by atoms with Crippen LogP contribution < -0.4 is 4.74 Å². The van der Waals surface area contributed by atoms with Crippen molar-refractivity contribution in [3.63, 3.8) is 0 Å². The standard InChI is InChI=1S/C27H30FN3O6/c1-35-22-7-3-5-20(17-22)24(32)29-10-8-27(9-11-29)31(25(33)19-4-2-6-21(28)16-19)23(18-37-27)26(34)30-12-14-36-15-13-30/h2-7,16-17,23H,8-15,18H2,1H3/t23-/m0/s1. The number of amides is 3. The molecule has 0 saturated carbocycles. The van der Waals surface area contributed by atoms with E-state index in [2.05, 4.69) is 0 Å². The lowest BCUT2D eigenvalue weighted by Crippen LogP contribution is -2.60. The number of benzene rings is 2. The predicted molar refractivity (Wildman–Crippen MR) is 131 cm³/mol. The van der Waals surface area contributed by atoms with Crippen molar-refractivity contribution in [2.75, 3.05) is 53.1 Å². The second-order valence-corrected chi connectivity index (χ2v) is 9.42. The molecule has 2 aromatic carbocycles. The second kappa shape index (κ2) is 10.5. The lowest BCUT2D eigenvalue weighted by molar-refractivity contribution is -0.141. The number of hydrogen-bond donors (Lipinski definition) is 0. The van der Waals surface area contributed by atoms with E-state index in [1.165, 1.54) is 29.2 Å². The maximum Gasteiger partial charge on any atom is 0.256 e. The predicted octanol–water partition coefficient (Wildman–Crippen LogP) is 2.17. The Bertz CT molecular complexity index is 1180. The molecule has 0 radical (unpaired) electrons. The minimum atomic E-state index is -1.07. The minimum absolute atomic E-state index is 0.0427. The highest BCUT2D eigenvalue weighted by molar-refractivity contribution is 5.98. The fourth-order valence-corrected chi connectivity index (χ4v) is 5.31. The molecule has 37 heavy (non-hydrogen) atoms. The van der Waals surface area contributed by atoms with Crippen molar-refractivity contribution in [1.29, 1.82) is 0 Å². The summed E-state index contributed by atoms with van der Waals surface area (Å²) in [4.78, 5) is 45.3. The lowest BCUT2D eigenvalue weighted by atomic mass is 9.96. The van der Waals surface area contributed by atoms with Gasteiger partial charge >= 0.3 is 0 Å². The van der Waals surface area contributed by atoms with Crippen LogP contribution in [0.2, 0.25) is 0 Å². The quantitative estimate of drug-likeness (QED) is 0.625. The van der Waals surface area contributed by atoms with Gasteiger partial charge in [0.1, 0.15) is 23.3 Å². The van der Waals surface area contributed by atoms with Gasteiger partial charge in [-0.25, -0.2) is 4.39 Å². The molecule has 3 aliphatic heterocycles. The third-order valence-electron chi connectivity index (χ3n) is 7.31. The summed E-state index contributed by atoms with van der Waals surface area (Å²) >= 11 is 0. The molecule has 0 bridgehead atoms. The number of morpholine rings is 1. The third kappa shape index (κ3) is 4.91. The largest absolute Gasteiger partial charge is 0.497 e. The Morgan fingerprint density at radius 2 is 1.59 bits per heavy atom. The van der Waals surface area contributed by atoms with E-state index >= 15 is 0 Å². The maximum absolute atomic E-state index is 14.0. The number of hydrogen-bond acceptors (Lipinski definition) is 6. The summed E-state index contributed by atoms with van der Waals surface area (Å²) in [6, 6.07) is 11.6. The van der Waals surface area contributed by atoms with Crippen LogP contribution in [0, 0.1) is 5.82 Å². The van der Waals surface area contributed by atoms with Crippen molar-refractivity contribution in [3.8, 4) is 5.75 Å². The summed E-state index contributed by atoms with van der Waals surface area (Å²) < 4.78 is 30.9. The molecule has 9 nitrogen and oxygen atoms in total. The van der Waals surface area contributed by atoms with E-state index in [0.717, 1.165) is 0 Å². The Morgan fingerprint density at radius 1 is 0.919 bits per heavy atom. The summed E-state index contributed by atoms with van der Waals surface area (Å²) in [6.45, 7) is 2.46. The summed E-state index contributed by atoms with van der Waals surface area (Å²) in [7, 11) is 1.55. The summed E-state index contributed by atoms with van der Waals surface area (Å²) in [5.41, 5.74) is -0.406. The number of carbonyl (C=O) groups excluding carboxylic acids is 3. The summed E-state index contributed by atoms with van der Waals surface area (Å²) in [5, 5.41) is 0. The second-order valence-electron chi connectivity index (χ2n) is 9.42. The fraction of sp³-hybridized carbons (Fsp3) is 0.444. The van der Waals surface area contributed by atoms with Gasteiger partial charge in [-0.3, -0.25) is 19.3 Å². The number of carbonyl (C=O) groups is 3. The van der Waals surface area contributed by atoms with Crippen molar-refractivity contribution in [3.05, 3.63) is 65.5 Å². The van der Waals surface area contributed by atoms with Gasteiger partial charge in [0.15, 0.2) is 0 Å². The van der Waals surface area contributed by atoms with Gasteiger partial charge in [-0.05, 0) is 36.4 Å². The normalized spacial score (nSPS) is 21.2. The van der Waals surface area contributed by atoms with Crippen LogP contribution >= 0.6 is 0 Å². The zero-order chi connectivity index (χ0) is 26.0. The molecule has 3 saturated heterocycles. The molecule has 0 aliphatic carbocycles. The van der Waals surface area contributed by atoms with Gasteiger partial charge in [-0.15, -0.1) is 0 Å². The van der Waals surface area contributed by atoms with Crippen molar-refractivity contribution < 1.29 is 33.0 Å². The molecular formula is C27H30FN3O6. The number of rotatable bonds is 4. The molecule has 3 heterocycles. The molecule has 196 valence electrons. The molecule has 2 aromatic rings. The van der Waals surface area contributed by atoms with E-state index in [4.69, 9.17) is 14.2 Å². The van der Waals surface area contributed by atoms with Crippen molar-refractivity contribution in [2.24, 2.45) is 0 Å². The average Bonchev–Trinajstić information content (AvgIpc) is 3.31. The molecule has 5 rings (SSSR count). The first-order valence-electron chi connectivity index (χ1n) is 12.4. The highest BCUT2D eigenvalue weighted by Crippen LogP contribution is 2.39. The van der Waals surface area contributed by atoms with Crippen LogP contribution in [0.5, 0.6) is 5.75 Å². The number of methoxy groups -OCH3 is 1. The molecule has 1 spiro atoms. The summed E-state index contributed by atoms with van der Waals surface area (Å²) in [5.74, 6) is -0.753. The Morgan fingerprint density at radius 3 is 2.27 bits per heavy atom. The minimum Gasteiger partial charge on any atom is -0.497 e. The zero-order valence-corrected chi connectivity index (χ0v) is 20.7. The van der Waals surface area contributed by atoms with Crippen molar-refractivity contribution in [1.82, 2.24) is 14.7 Å². The summed E-state index contributed by atoms with van der Waals surface area (Å²) in [6.07, 6.45) is 0.660. The topological polar surface area (TPSA) is 88.6 Å². The monoisotopic (exact) mass is 511 g/mol. The van der Waals surface area contributed by atoms with Gasteiger partial charge < -0.3 is 24.0 Å². The SMILES string of the molecule is COc1cccc(C(=O)N2CCC3(CC2)OC[C@@H](C(=O)N2CCOCC2)N3C(=O)c2cccc(F)c2)c1. The number of ether oxygens (including phenoxy) is 3. The zero-order valence-electron chi connectivity index (χ0n) is 20.7. The number of nitrogens with zero attached hydrogens (tertiary/aromatic N) is 3. The van der Waals surface area contributed by atoms with E-state index in [1.54, 1.807) is 41.2 Å². The fourth-order valence-electron chi connectivity index (χ4n) is 5.31. The van der Waals surface area contributed by atoms with Gasteiger partial charge in [0, 0.05) is 50.1 Å².